The van der Waals surface area contributed by atoms with Gasteiger partial charge in [-0.05, 0) is 29.8 Å². The molecule has 0 spiro atoms. The van der Waals surface area contributed by atoms with Crippen molar-refractivity contribution in [1.29, 1.82) is 0 Å². The average molecular weight is 398 g/mol. The molecule has 0 aliphatic heterocycles. The summed E-state index contributed by atoms with van der Waals surface area (Å²) in [6.07, 6.45) is 4.58. The van der Waals surface area contributed by atoms with Crippen LogP contribution in [0.3, 0.4) is 0 Å². The summed E-state index contributed by atoms with van der Waals surface area (Å²) in [6.45, 7) is 4.31. The van der Waals surface area contributed by atoms with E-state index in [0.717, 1.165) is 11.1 Å². The Hall–Kier alpha value is -2.90. The van der Waals surface area contributed by atoms with E-state index in [1.54, 1.807) is 18.3 Å². The molecule has 0 aliphatic carbocycles. The van der Waals surface area contributed by atoms with Gasteiger partial charge in [0.15, 0.2) is 0 Å². The molecule has 0 aliphatic rings. The lowest BCUT2D eigenvalue weighted by molar-refractivity contribution is 0.397. The summed E-state index contributed by atoms with van der Waals surface area (Å²) in [5, 5.41) is 2.12. The summed E-state index contributed by atoms with van der Waals surface area (Å²) < 4.78 is 33.5. The van der Waals surface area contributed by atoms with E-state index in [0.29, 0.717) is 23.7 Å². The Labute approximate surface area is 165 Å². The molecule has 2 heterocycles. The van der Waals surface area contributed by atoms with Gasteiger partial charge in [-0.2, -0.15) is 0 Å². The number of methoxy groups -OCH3 is 1. The number of hydrogen-bond acceptors (Lipinski definition) is 5. The molecule has 3 aromatic rings. The van der Waals surface area contributed by atoms with Crippen molar-refractivity contribution >= 4 is 10.0 Å². The van der Waals surface area contributed by atoms with Gasteiger partial charge in [-0.15, -0.1) is 6.58 Å². The second kappa shape index (κ2) is 8.41. The molecular formula is C21H23N3O3S. The van der Waals surface area contributed by atoms with E-state index in [4.69, 9.17) is 4.74 Å². The fourth-order valence-corrected chi connectivity index (χ4v) is 4.75. The molecule has 28 heavy (non-hydrogen) atoms. The second-order valence-electron chi connectivity index (χ2n) is 6.26. The summed E-state index contributed by atoms with van der Waals surface area (Å²) >= 11 is 0. The first-order valence-corrected chi connectivity index (χ1v) is 10.3. The van der Waals surface area contributed by atoms with E-state index >= 15 is 0 Å². The number of nitrogens with zero attached hydrogens (tertiary/aromatic N) is 2. The first-order chi connectivity index (χ1) is 13.5. The van der Waals surface area contributed by atoms with Gasteiger partial charge in [0.1, 0.15) is 5.25 Å². The Bertz CT molecular complexity index is 1040. The Morgan fingerprint density at radius 2 is 2.00 bits per heavy atom. The van der Waals surface area contributed by atoms with Gasteiger partial charge in [0.25, 0.3) is 0 Å². The molecule has 1 atom stereocenters. The molecule has 1 aromatic carbocycles. The summed E-state index contributed by atoms with van der Waals surface area (Å²) in [5.41, 5.74) is 2.84. The van der Waals surface area contributed by atoms with Crippen LogP contribution in [0.15, 0.2) is 73.6 Å². The van der Waals surface area contributed by atoms with Gasteiger partial charge in [-0.3, -0.25) is 0 Å². The normalized spacial score (nSPS) is 12.5. The highest BCUT2D eigenvalue weighted by Gasteiger charge is 2.29. The minimum absolute atomic E-state index is 0.422. The molecule has 146 valence electrons. The Morgan fingerprint density at radius 1 is 1.25 bits per heavy atom. The van der Waals surface area contributed by atoms with Crippen molar-refractivity contribution < 1.29 is 13.2 Å². The molecule has 0 fully saturated rings. The van der Waals surface area contributed by atoms with Gasteiger partial charge in [0.05, 0.1) is 12.8 Å². The molecule has 0 saturated heterocycles. The van der Waals surface area contributed by atoms with E-state index < -0.39 is 15.3 Å². The maximum Gasteiger partial charge on any atom is 0.249 e. The third-order valence-electron chi connectivity index (χ3n) is 4.40. The van der Waals surface area contributed by atoms with Gasteiger partial charge < -0.3 is 10.1 Å². The fourth-order valence-electron chi connectivity index (χ4n) is 3.06. The van der Waals surface area contributed by atoms with Crippen molar-refractivity contribution in [3.8, 4) is 17.1 Å². The minimum atomic E-state index is -3.81. The van der Waals surface area contributed by atoms with Crippen LogP contribution >= 0.6 is 0 Å². The van der Waals surface area contributed by atoms with E-state index in [9.17, 15) is 8.42 Å². The molecule has 6 nitrogen and oxygen atoms in total. The van der Waals surface area contributed by atoms with Crippen LogP contribution in [0.1, 0.15) is 16.4 Å². The summed E-state index contributed by atoms with van der Waals surface area (Å²) in [5.74, 6) is 0.422. The maximum atomic E-state index is 13.5. The third kappa shape index (κ3) is 3.85. The van der Waals surface area contributed by atoms with Crippen LogP contribution in [0.2, 0.25) is 0 Å². The Balaban J connectivity index is 2.12. The Morgan fingerprint density at radius 3 is 2.57 bits per heavy atom. The third-order valence-corrected chi connectivity index (χ3v) is 6.36. The molecule has 1 N–H and O–H groups in total. The molecule has 0 bridgehead atoms. The second-order valence-corrected chi connectivity index (χ2v) is 8.19. The van der Waals surface area contributed by atoms with Crippen LogP contribution in [0.25, 0.3) is 11.3 Å². The monoisotopic (exact) mass is 397 g/mol. The summed E-state index contributed by atoms with van der Waals surface area (Å²) in [4.78, 5) is 4.13. The number of pyridine rings is 1. The quantitative estimate of drug-likeness (QED) is 0.590. The van der Waals surface area contributed by atoms with Gasteiger partial charge >= 0.3 is 0 Å². The van der Waals surface area contributed by atoms with Crippen LogP contribution in [0.4, 0.5) is 0 Å². The fraction of sp³-hybridized carbons (Fsp3) is 0.190. The van der Waals surface area contributed by atoms with E-state index in [1.165, 1.54) is 23.4 Å². The van der Waals surface area contributed by atoms with Crippen molar-refractivity contribution in [3.05, 3.63) is 84.7 Å². The van der Waals surface area contributed by atoms with Crippen molar-refractivity contribution in [3.63, 3.8) is 0 Å². The van der Waals surface area contributed by atoms with E-state index in [1.807, 2.05) is 43.4 Å². The van der Waals surface area contributed by atoms with Gasteiger partial charge in [0.2, 0.25) is 15.9 Å². The number of aromatic nitrogens is 2. The minimum Gasteiger partial charge on any atom is -0.481 e. The van der Waals surface area contributed by atoms with Crippen LogP contribution in [0, 0.1) is 0 Å². The topological polar surface area (TPSA) is 73.2 Å². The zero-order valence-corrected chi connectivity index (χ0v) is 16.7. The molecule has 3 rings (SSSR count). The molecular weight excluding hydrogens is 374 g/mol. The number of benzene rings is 1. The lowest BCUT2D eigenvalue weighted by Crippen LogP contribution is -2.20. The van der Waals surface area contributed by atoms with Gasteiger partial charge in [-0.1, -0.05) is 42.5 Å². The number of rotatable bonds is 8. The first-order valence-electron chi connectivity index (χ1n) is 8.79. The highest BCUT2D eigenvalue weighted by Crippen LogP contribution is 2.31. The maximum absolute atomic E-state index is 13.5. The number of ether oxygens (including phenoxy) is 1. The zero-order valence-electron chi connectivity index (χ0n) is 15.9. The first kappa shape index (κ1) is 19.9. The van der Waals surface area contributed by atoms with Crippen LogP contribution < -0.4 is 10.1 Å². The smallest absolute Gasteiger partial charge is 0.249 e. The van der Waals surface area contributed by atoms with Crippen molar-refractivity contribution in [2.45, 2.75) is 11.8 Å². The van der Waals surface area contributed by atoms with Gasteiger partial charge in [0, 0.05) is 25.0 Å². The lowest BCUT2D eigenvalue weighted by Gasteiger charge is -2.17. The zero-order chi connectivity index (χ0) is 20.1. The van der Waals surface area contributed by atoms with Crippen LogP contribution in [-0.2, 0) is 16.6 Å². The van der Waals surface area contributed by atoms with Crippen LogP contribution in [-0.4, -0.2) is 31.5 Å². The summed E-state index contributed by atoms with van der Waals surface area (Å²) in [6, 6.07) is 14.7. The molecule has 2 aromatic heterocycles. The number of nitrogens with one attached hydrogen (secondary N) is 1. The molecule has 0 amide bonds. The molecule has 0 saturated carbocycles. The van der Waals surface area contributed by atoms with Crippen LogP contribution in [0.5, 0.6) is 5.88 Å². The highest BCUT2D eigenvalue weighted by molar-refractivity contribution is 7.90. The molecule has 0 radical (unpaired) electrons. The standard InChI is InChI=1S/C21H23N3O3S/c1-4-20(18-10-11-21(27-3)23-14-18)28(25,26)24-15-16(13-22-2)12-19(24)17-8-6-5-7-9-17/h4-12,14-15,20,22H,1,13H2,2-3H3. The predicted octanol–water partition coefficient (Wildman–Crippen LogP) is 3.38. The predicted molar refractivity (Wildman–Crippen MR) is 111 cm³/mol. The number of hydrogen-bond donors (Lipinski definition) is 1. The average Bonchev–Trinajstić information content (AvgIpc) is 3.15. The van der Waals surface area contributed by atoms with Crippen molar-refractivity contribution in [2.24, 2.45) is 0 Å². The van der Waals surface area contributed by atoms with E-state index in [2.05, 4.69) is 16.9 Å². The Kier molecular flexibility index (Phi) is 5.96. The van der Waals surface area contributed by atoms with Gasteiger partial charge in [-0.25, -0.2) is 17.4 Å². The highest BCUT2D eigenvalue weighted by atomic mass is 32.2. The molecule has 1 unspecified atom stereocenters. The largest absolute Gasteiger partial charge is 0.481 e. The van der Waals surface area contributed by atoms with E-state index in [-0.39, 0.29) is 0 Å². The molecule has 7 heteroatoms. The van der Waals surface area contributed by atoms with Crippen molar-refractivity contribution in [2.75, 3.05) is 14.2 Å². The lowest BCUT2D eigenvalue weighted by atomic mass is 10.1. The summed E-state index contributed by atoms with van der Waals surface area (Å²) in [7, 11) is -0.474. The van der Waals surface area contributed by atoms with Crippen molar-refractivity contribution in [1.82, 2.24) is 14.3 Å². The SMILES string of the molecule is C=CC(c1ccc(OC)nc1)S(=O)(=O)n1cc(CNC)cc1-c1ccccc1.